The van der Waals surface area contributed by atoms with Crippen LogP contribution in [0.15, 0.2) is 0 Å². The van der Waals surface area contributed by atoms with Crippen LogP contribution in [0.1, 0.15) is 6.42 Å². The third-order valence-electron chi connectivity index (χ3n) is 2.94. The molecule has 3 atom stereocenters. The van der Waals surface area contributed by atoms with Crippen LogP contribution in [-0.2, 0) is 19.1 Å². The Morgan fingerprint density at radius 3 is 2.65 bits per heavy atom. The number of aliphatic hydroxyl groups excluding tert-OH is 1. The SMILES string of the molecule is O=C(O)[C@@H]1C[C@H](O)CN1C(=O)C1COCCO1. The maximum Gasteiger partial charge on any atom is 0.326 e. The van der Waals surface area contributed by atoms with E-state index in [-0.39, 0.29) is 19.6 Å². The molecular weight excluding hydrogens is 230 g/mol. The van der Waals surface area contributed by atoms with Gasteiger partial charge in [-0.25, -0.2) is 4.79 Å². The van der Waals surface area contributed by atoms with Crippen molar-refractivity contribution in [1.29, 1.82) is 0 Å². The van der Waals surface area contributed by atoms with E-state index in [9.17, 15) is 14.7 Å². The van der Waals surface area contributed by atoms with E-state index < -0.39 is 30.1 Å². The topological polar surface area (TPSA) is 96.3 Å². The lowest BCUT2D eigenvalue weighted by molar-refractivity contribution is -0.163. The second-order valence-corrected chi connectivity index (χ2v) is 4.17. The largest absolute Gasteiger partial charge is 0.480 e. The third-order valence-corrected chi connectivity index (χ3v) is 2.94. The van der Waals surface area contributed by atoms with Gasteiger partial charge in [-0.1, -0.05) is 0 Å². The summed E-state index contributed by atoms with van der Waals surface area (Å²) in [6.07, 6.45) is -1.48. The van der Waals surface area contributed by atoms with Crippen LogP contribution in [0.2, 0.25) is 0 Å². The van der Waals surface area contributed by atoms with Crippen molar-refractivity contribution in [3.63, 3.8) is 0 Å². The van der Waals surface area contributed by atoms with Gasteiger partial charge in [0.05, 0.1) is 25.9 Å². The molecule has 17 heavy (non-hydrogen) atoms. The molecule has 96 valence electrons. The number of amides is 1. The van der Waals surface area contributed by atoms with Gasteiger partial charge in [-0.15, -0.1) is 0 Å². The fourth-order valence-corrected chi connectivity index (χ4v) is 2.11. The Morgan fingerprint density at radius 2 is 2.06 bits per heavy atom. The van der Waals surface area contributed by atoms with Crippen LogP contribution in [0.5, 0.6) is 0 Å². The van der Waals surface area contributed by atoms with E-state index in [4.69, 9.17) is 14.6 Å². The van der Waals surface area contributed by atoms with Crippen LogP contribution in [-0.4, -0.2) is 71.6 Å². The molecule has 0 aromatic carbocycles. The zero-order valence-electron chi connectivity index (χ0n) is 9.24. The Bertz CT molecular complexity index is 314. The summed E-state index contributed by atoms with van der Waals surface area (Å²) in [5.74, 6) is -1.53. The van der Waals surface area contributed by atoms with E-state index in [0.29, 0.717) is 13.2 Å². The van der Waals surface area contributed by atoms with Crippen LogP contribution in [0.25, 0.3) is 0 Å². The molecule has 2 heterocycles. The number of carbonyl (C=O) groups excluding carboxylic acids is 1. The highest BCUT2D eigenvalue weighted by atomic mass is 16.6. The lowest BCUT2D eigenvalue weighted by atomic mass is 10.2. The molecule has 7 heteroatoms. The van der Waals surface area contributed by atoms with Crippen LogP contribution in [0.3, 0.4) is 0 Å². The van der Waals surface area contributed by atoms with Crippen LogP contribution >= 0.6 is 0 Å². The average molecular weight is 245 g/mol. The highest BCUT2D eigenvalue weighted by Crippen LogP contribution is 2.20. The first kappa shape index (κ1) is 12.3. The Labute approximate surface area is 97.9 Å². The summed E-state index contributed by atoms with van der Waals surface area (Å²) in [5.41, 5.74) is 0. The number of β-amino-alcohol motifs (C(OH)–C–C–N with tert-alkyl or cyclic N) is 1. The molecule has 0 spiro atoms. The molecule has 0 radical (unpaired) electrons. The molecule has 0 aromatic heterocycles. The first-order chi connectivity index (χ1) is 8.09. The van der Waals surface area contributed by atoms with E-state index in [2.05, 4.69) is 0 Å². The number of rotatable bonds is 2. The second kappa shape index (κ2) is 4.99. The number of likely N-dealkylation sites (tertiary alicyclic amines) is 1. The normalized spacial score (nSPS) is 33.7. The first-order valence-electron chi connectivity index (χ1n) is 5.50. The molecule has 1 amide bonds. The summed E-state index contributed by atoms with van der Waals surface area (Å²) in [4.78, 5) is 24.1. The van der Waals surface area contributed by atoms with Crippen molar-refractivity contribution in [2.75, 3.05) is 26.4 Å². The van der Waals surface area contributed by atoms with Gasteiger partial charge in [-0.05, 0) is 0 Å². The van der Waals surface area contributed by atoms with Gasteiger partial charge in [0, 0.05) is 13.0 Å². The molecule has 0 saturated carbocycles. The van der Waals surface area contributed by atoms with Gasteiger partial charge in [0.25, 0.3) is 5.91 Å². The average Bonchev–Trinajstić information content (AvgIpc) is 2.72. The summed E-state index contributed by atoms with van der Waals surface area (Å²) >= 11 is 0. The Kier molecular flexibility index (Phi) is 3.60. The number of aliphatic carboxylic acids is 1. The fourth-order valence-electron chi connectivity index (χ4n) is 2.11. The second-order valence-electron chi connectivity index (χ2n) is 4.17. The van der Waals surface area contributed by atoms with Crippen molar-refractivity contribution in [2.24, 2.45) is 0 Å². The molecule has 2 saturated heterocycles. The van der Waals surface area contributed by atoms with Crippen LogP contribution in [0, 0.1) is 0 Å². The van der Waals surface area contributed by atoms with Gasteiger partial charge in [-0.3, -0.25) is 4.79 Å². The maximum absolute atomic E-state index is 12.0. The van der Waals surface area contributed by atoms with Crippen molar-refractivity contribution in [3.05, 3.63) is 0 Å². The number of nitrogens with zero attached hydrogens (tertiary/aromatic N) is 1. The Balaban J connectivity index is 2.04. The quantitative estimate of drug-likeness (QED) is 0.611. The predicted molar refractivity (Wildman–Crippen MR) is 54.3 cm³/mol. The summed E-state index contributed by atoms with van der Waals surface area (Å²) in [6, 6.07) is -0.969. The van der Waals surface area contributed by atoms with Crippen molar-refractivity contribution >= 4 is 11.9 Å². The summed E-state index contributed by atoms with van der Waals surface area (Å²) in [6.45, 7) is 0.937. The molecule has 0 bridgehead atoms. The molecule has 7 nitrogen and oxygen atoms in total. The minimum Gasteiger partial charge on any atom is -0.480 e. The molecule has 0 aliphatic carbocycles. The summed E-state index contributed by atoms with van der Waals surface area (Å²) in [7, 11) is 0. The molecule has 1 unspecified atom stereocenters. The highest BCUT2D eigenvalue weighted by molar-refractivity contribution is 5.87. The molecule has 2 N–H and O–H groups in total. The van der Waals surface area contributed by atoms with E-state index in [1.54, 1.807) is 0 Å². The Hall–Kier alpha value is -1.18. The Morgan fingerprint density at radius 1 is 1.29 bits per heavy atom. The van der Waals surface area contributed by atoms with Crippen LogP contribution < -0.4 is 0 Å². The number of carboxylic acids is 1. The number of ether oxygens (including phenoxy) is 2. The lowest BCUT2D eigenvalue weighted by Gasteiger charge is -2.28. The van der Waals surface area contributed by atoms with Crippen molar-refractivity contribution < 1.29 is 29.3 Å². The van der Waals surface area contributed by atoms with E-state index in [1.165, 1.54) is 0 Å². The summed E-state index contributed by atoms with van der Waals surface area (Å²) < 4.78 is 10.3. The van der Waals surface area contributed by atoms with Crippen molar-refractivity contribution in [3.8, 4) is 0 Å². The highest BCUT2D eigenvalue weighted by Gasteiger charge is 2.41. The first-order valence-corrected chi connectivity index (χ1v) is 5.50. The van der Waals surface area contributed by atoms with Gasteiger partial charge < -0.3 is 24.6 Å². The van der Waals surface area contributed by atoms with E-state index in [1.807, 2.05) is 0 Å². The van der Waals surface area contributed by atoms with Crippen molar-refractivity contribution in [1.82, 2.24) is 4.90 Å². The zero-order valence-corrected chi connectivity index (χ0v) is 9.24. The van der Waals surface area contributed by atoms with Gasteiger partial charge in [-0.2, -0.15) is 0 Å². The van der Waals surface area contributed by atoms with Gasteiger partial charge in [0.15, 0.2) is 6.10 Å². The molecule has 2 aliphatic rings. The minimum absolute atomic E-state index is 0.0374. The molecular formula is C10H15NO6. The van der Waals surface area contributed by atoms with Gasteiger partial charge in [0.1, 0.15) is 6.04 Å². The van der Waals surface area contributed by atoms with Crippen LogP contribution in [0.4, 0.5) is 0 Å². The monoisotopic (exact) mass is 245 g/mol. The number of aliphatic hydroxyl groups is 1. The van der Waals surface area contributed by atoms with E-state index in [0.717, 1.165) is 4.90 Å². The maximum atomic E-state index is 12.0. The number of carboxylic acid groups (broad SMARTS) is 1. The van der Waals surface area contributed by atoms with Gasteiger partial charge in [0.2, 0.25) is 0 Å². The molecule has 0 aromatic rings. The third kappa shape index (κ3) is 2.56. The molecule has 2 rings (SSSR count). The number of hydrogen-bond acceptors (Lipinski definition) is 5. The fraction of sp³-hybridized carbons (Fsp3) is 0.800. The standard InChI is InChI=1S/C10H15NO6/c12-6-3-7(10(14)15)11(4-6)9(13)8-5-16-1-2-17-8/h6-8,12H,1-5H2,(H,14,15)/t6-,7-,8?/m0/s1. The smallest absolute Gasteiger partial charge is 0.326 e. The van der Waals surface area contributed by atoms with Gasteiger partial charge >= 0.3 is 5.97 Å². The number of hydrogen-bond donors (Lipinski definition) is 2. The van der Waals surface area contributed by atoms with Crippen molar-refractivity contribution in [2.45, 2.75) is 24.7 Å². The summed E-state index contributed by atoms with van der Waals surface area (Å²) in [5, 5.41) is 18.4. The zero-order chi connectivity index (χ0) is 12.4. The molecule has 2 aliphatic heterocycles. The van der Waals surface area contributed by atoms with E-state index >= 15 is 0 Å². The minimum atomic E-state index is -1.10. The lowest BCUT2D eigenvalue weighted by Crippen LogP contribution is -2.49. The predicted octanol–water partition coefficient (Wildman–Crippen LogP) is -1.55. The number of carbonyl (C=O) groups is 2. The molecule has 2 fully saturated rings.